The number of aromatic amines is 1. The maximum absolute atomic E-state index is 13.5. The highest BCUT2D eigenvalue weighted by atomic mass is 16.5. The van der Waals surface area contributed by atoms with E-state index in [4.69, 9.17) is 14.7 Å². The first-order chi connectivity index (χ1) is 18.6. The number of aliphatic imine (C=N–C) groups is 1. The number of H-pyrrole nitrogens is 1. The van der Waals surface area contributed by atoms with Gasteiger partial charge in [0.15, 0.2) is 0 Å². The Labute approximate surface area is 217 Å². The first-order valence-corrected chi connectivity index (χ1v) is 11.6. The summed E-state index contributed by atoms with van der Waals surface area (Å²) < 4.78 is 11.5. The quantitative estimate of drug-likeness (QED) is 0.361. The lowest BCUT2D eigenvalue weighted by Gasteiger charge is -2.31. The molecule has 10 nitrogen and oxygen atoms in total. The van der Waals surface area contributed by atoms with E-state index in [1.54, 1.807) is 73.1 Å². The number of imidazole rings is 1. The van der Waals surface area contributed by atoms with Crippen molar-refractivity contribution in [3.05, 3.63) is 95.3 Å². The summed E-state index contributed by atoms with van der Waals surface area (Å²) in [5.74, 6) is -1.33. The van der Waals surface area contributed by atoms with Gasteiger partial charge in [0.1, 0.15) is 31.0 Å². The van der Waals surface area contributed by atoms with Gasteiger partial charge in [-0.05, 0) is 47.5 Å². The van der Waals surface area contributed by atoms with E-state index in [9.17, 15) is 14.9 Å². The van der Waals surface area contributed by atoms with Crippen molar-refractivity contribution < 1.29 is 19.1 Å². The molecular weight excluding hydrogens is 484 g/mol. The van der Waals surface area contributed by atoms with Crippen LogP contribution in [0.3, 0.4) is 0 Å². The van der Waals surface area contributed by atoms with Crippen LogP contribution in [0.5, 0.6) is 5.75 Å². The average molecular weight is 505 g/mol. The lowest BCUT2D eigenvalue weighted by Crippen LogP contribution is -2.47. The first kappa shape index (κ1) is 24.2. The fourth-order valence-corrected chi connectivity index (χ4v) is 4.27. The number of esters is 1. The summed E-state index contributed by atoms with van der Waals surface area (Å²) in [5.41, 5.74) is 3.68. The van der Waals surface area contributed by atoms with Crippen LogP contribution in [-0.2, 0) is 16.1 Å². The molecule has 0 fully saturated rings. The molecule has 4 aromatic rings. The number of ether oxygens (including phenoxy) is 2. The van der Waals surface area contributed by atoms with Gasteiger partial charge < -0.3 is 19.8 Å². The number of fused-ring (bicyclic) bond motifs is 1. The molecule has 0 aliphatic carbocycles. The lowest BCUT2D eigenvalue weighted by molar-refractivity contribution is -0.148. The molecule has 0 saturated carbocycles. The van der Waals surface area contributed by atoms with Gasteiger partial charge in [0.2, 0.25) is 0 Å². The number of urea groups is 1. The van der Waals surface area contributed by atoms with E-state index in [0.29, 0.717) is 28.0 Å². The summed E-state index contributed by atoms with van der Waals surface area (Å²) in [6.07, 6.45) is 1.56. The molecule has 1 aliphatic rings. The lowest BCUT2D eigenvalue weighted by atomic mass is 9.87. The second-order valence-electron chi connectivity index (χ2n) is 8.50. The first-order valence-electron chi connectivity index (χ1n) is 11.6. The molecule has 186 valence electrons. The molecule has 0 radical (unpaired) electrons. The molecule has 2 amide bonds. The van der Waals surface area contributed by atoms with E-state index in [2.05, 4.69) is 32.4 Å². The molecule has 2 unspecified atom stereocenters. The Balaban J connectivity index is 1.46. The van der Waals surface area contributed by atoms with Crippen molar-refractivity contribution in [2.75, 3.05) is 6.61 Å². The number of para-hydroxylation sites is 1. The van der Waals surface area contributed by atoms with Gasteiger partial charge in [0.05, 0.1) is 46.3 Å². The predicted octanol–water partition coefficient (Wildman–Crippen LogP) is 3.95. The van der Waals surface area contributed by atoms with Crippen LogP contribution < -0.4 is 10.1 Å². The molecule has 0 bridgehead atoms. The third-order valence-corrected chi connectivity index (χ3v) is 6.09. The smallest absolute Gasteiger partial charge is 0.341 e. The van der Waals surface area contributed by atoms with Crippen molar-refractivity contribution >= 4 is 28.7 Å². The van der Waals surface area contributed by atoms with E-state index in [-0.39, 0.29) is 18.9 Å². The van der Waals surface area contributed by atoms with E-state index in [0.717, 1.165) is 11.0 Å². The number of carbonyl (C=O) groups excluding carboxylic acids is 2. The Kier molecular flexibility index (Phi) is 6.79. The number of nitrogens with one attached hydrogen (secondary N) is 2. The van der Waals surface area contributed by atoms with Crippen molar-refractivity contribution in [2.24, 2.45) is 10.9 Å². The number of aromatic nitrogens is 2. The summed E-state index contributed by atoms with van der Waals surface area (Å²) in [6, 6.07) is 21.5. The van der Waals surface area contributed by atoms with Crippen molar-refractivity contribution in [1.29, 1.82) is 10.5 Å². The van der Waals surface area contributed by atoms with Gasteiger partial charge in [0, 0.05) is 0 Å². The van der Waals surface area contributed by atoms with E-state index in [1.165, 1.54) is 0 Å². The number of amides is 2. The van der Waals surface area contributed by atoms with Gasteiger partial charge >= 0.3 is 12.0 Å². The maximum Gasteiger partial charge on any atom is 0.341 e. The molecule has 10 heteroatoms. The van der Waals surface area contributed by atoms with Crippen molar-refractivity contribution in [3.63, 3.8) is 0 Å². The summed E-state index contributed by atoms with van der Waals surface area (Å²) in [7, 11) is 0. The van der Waals surface area contributed by atoms with Crippen molar-refractivity contribution in [2.45, 2.75) is 12.6 Å². The summed E-state index contributed by atoms with van der Waals surface area (Å²) in [5, 5.41) is 21.3. The molecule has 1 aliphatic heterocycles. The molecule has 0 spiro atoms. The Morgan fingerprint density at radius 3 is 2.71 bits per heavy atom. The maximum atomic E-state index is 13.5. The van der Waals surface area contributed by atoms with E-state index < -0.39 is 24.0 Å². The molecule has 2 heterocycles. The molecule has 5 rings (SSSR count). The Morgan fingerprint density at radius 1 is 1.00 bits per heavy atom. The highest BCUT2D eigenvalue weighted by Gasteiger charge is 2.40. The predicted molar refractivity (Wildman–Crippen MR) is 136 cm³/mol. The van der Waals surface area contributed by atoms with Gasteiger partial charge in [0.25, 0.3) is 0 Å². The normalized spacial score (nSPS) is 16.6. The fourth-order valence-electron chi connectivity index (χ4n) is 4.27. The number of nitriles is 2. The zero-order valence-corrected chi connectivity index (χ0v) is 19.9. The van der Waals surface area contributed by atoms with Crippen LogP contribution in [0.25, 0.3) is 11.0 Å². The fraction of sp³-hybridized carbons (Fsp3) is 0.143. The molecule has 2 N–H and O–H groups in total. The Morgan fingerprint density at radius 2 is 1.87 bits per heavy atom. The largest absolute Gasteiger partial charge is 0.486 e. The molecule has 1 aromatic heterocycles. The van der Waals surface area contributed by atoms with Crippen LogP contribution in [0.1, 0.15) is 28.3 Å². The molecule has 3 aromatic carbocycles. The average Bonchev–Trinajstić information content (AvgIpc) is 3.43. The zero-order chi connectivity index (χ0) is 26.5. The van der Waals surface area contributed by atoms with E-state index >= 15 is 0 Å². The van der Waals surface area contributed by atoms with Crippen LogP contribution in [0.2, 0.25) is 0 Å². The van der Waals surface area contributed by atoms with Crippen LogP contribution >= 0.6 is 0 Å². The number of rotatable bonds is 7. The minimum atomic E-state index is -1.01. The SMILES string of the molecule is N#Cc1cccc(COC(=O)C2C(COc3ccccc3C#N)=NC(=O)NC2c2ccc3nc[nH]c3c2)c1. The number of carbonyl (C=O) groups is 2. The Hall–Kier alpha value is -5.48. The van der Waals surface area contributed by atoms with Gasteiger partial charge in [-0.3, -0.25) is 4.79 Å². The van der Waals surface area contributed by atoms with Gasteiger partial charge in [-0.1, -0.05) is 30.3 Å². The van der Waals surface area contributed by atoms with Crippen molar-refractivity contribution in [1.82, 2.24) is 15.3 Å². The summed E-state index contributed by atoms with van der Waals surface area (Å²) in [6.45, 7) is -0.283. The highest BCUT2D eigenvalue weighted by molar-refractivity contribution is 6.10. The van der Waals surface area contributed by atoms with Crippen molar-refractivity contribution in [3.8, 4) is 17.9 Å². The molecule has 38 heavy (non-hydrogen) atoms. The minimum Gasteiger partial charge on any atom is -0.486 e. The second-order valence-corrected chi connectivity index (χ2v) is 8.50. The minimum absolute atomic E-state index is 0.0729. The van der Waals surface area contributed by atoms with Gasteiger partial charge in [-0.25, -0.2) is 9.78 Å². The van der Waals surface area contributed by atoms with Crippen LogP contribution in [-0.4, -0.2) is 34.3 Å². The third kappa shape index (κ3) is 5.06. The van der Waals surface area contributed by atoms with Crippen LogP contribution in [0.4, 0.5) is 4.79 Å². The number of benzene rings is 3. The zero-order valence-electron chi connectivity index (χ0n) is 19.9. The van der Waals surface area contributed by atoms with E-state index in [1.807, 2.05) is 0 Å². The standard InChI is InChI=1S/C28H20N6O4/c29-12-17-4-3-5-18(10-17)14-38-27(35)25-23(15-37-24-7-2-1-6-20(24)13-30)33-28(36)34-26(25)19-8-9-21-22(11-19)32-16-31-21/h1-11,16,25-26H,14-15H2,(H,31,32)(H,34,36). The number of hydrogen-bond acceptors (Lipinski definition) is 7. The van der Waals surface area contributed by atoms with Gasteiger partial charge in [-0.15, -0.1) is 0 Å². The topological polar surface area (TPSA) is 153 Å². The van der Waals surface area contributed by atoms with Crippen LogP contribution in [0, 0.1) is 28.6 Å². The molecule has 2 atom stereocenters. The Bertz CT molecular complexity index is 1640. The monoisotopic (exact) mass is 504 g/mol. The number of hydrogen-bond donors (Lipinski definition) is 2. The van der Waals surface area contributed by atoms with Crippen LogP contribution in [0.15, 0.2) is 78.0 Å². The summed E-state index contributed by atoms with van der Waals surface area (Å²) >= 11 is 0. The highest BCUT2D eigenvalue weighted by Crippen LogP contribution is 2.30. The number of nitrogens with zero attached hydrogens (tertiary/aromatic N) is 4. The summed E-state index contributed by atoms with van der Waals surface area (Å²) in [4.78, 5) is 37.4. The molecule has 0 saturated heterocycles. The molecular formula is C28H20N6O4. The van der Waals surface area contributed by atoms with Gasteiger partial charge in [-0.2, -0.15) is 15.5 Å². The second kappa shape index (κ2) is 10.6. The third-order valence-electron chi connectivity index (χ3n) is 6.09.